The van der Waals surface area contributed by atoms with Crippen LogP contribution in [0.2, 0.25) is 0 Å². The Labute approximate surface area is 256 Å². The average Bonchev–Trinajstić information content (AvgIpc) is 3.25. The maximum atomic E-state index is 13.8. The van der Waals surface area contributed by atoms with Gasteiger partial charge in [0.1, 0.15) is 17.4 Å². The van der Waals surface area contributed by atoms with E-state index in [2.05, 4.69) is 12.2 Å². The zero-order valence-electron chi connectivity index (χ0n) is 25.3. The van der Waals surface area contributed by atoms with Gasteiger partial charge in [-0.25, -0.2) is 4.79 Å². The van der Waals surface area contributed by atoms with Crippen LogP contribution in [0.25, 0.3) is 0 Å². The summed E-state index contributed by atoms with van der Waals surface area (Å²) in [6.07, 6.45) is 4.39. The molecule has 4 aliphatic rings. The largest absolute Gasteiger partial charge is 0.480 e. The molecule has 1 aromatic rings. The number of hydrogen-bond donors (Lipinski definition) is 3. The van der Waals surface area contributed by atoms with E-state index in [-0.39, 0.29) is 66.8 Å². The van der Waals surface area contributed by atoms with Gasteiger partial charge in [0.05, 0.1) is 6.42 Å². The molecular formula is C34H41NO9. The third-order valence-electron chi connectivity index (χ3n) is 11.1. The van der Waals surface area contributed by atoms with Crippen molar-refractivity contribution < 1.29 is 43.7 Å². The number of aliphatic hydroxyl groups is 1. The van der Waals surface area contributed by atoms with Crippen LogP contribution >= 0.6 is 0 Å². The minimum absolute atomic E-state index is 0.00370. The summed E-state index contributed by atoms with van der Waals surface area (Å²) in [7, 11) is 0. The van der Waals surface area contributed by atoms with Crippen molar-refractivity contribution in [1.82, 2.24) is 5.32 Å². The van der Waals surface area contributed by atoms with Gasteiger partial charge in [-0.05, 0) is 61.0 Å². The molecule has 0 bridgehead atoms. The van der Waals surface area contributed by atoms with Crippen LogP contribution in [0.4, 0.5) is 0 Å². The van der Waals surface area contributed by atoms with Crippen molar-refractivity contribution in [3.05, 3.63) is 47.5 Å². The number of hydrogen-bond acceptors (Lipinski definition) is 8. The number of ether oxygens (including phenoxy) is 1. The normalized spacial score (nSPS) is 33.2. The van der Waals surface area contributed by atoms with Crippen LogP contribution in [0.15, 0.2) is 42.0 Å². The molecule has 7 atom stereocenters. The second-order valence-corrected chi connectivity index (χ2v) is 13.5. The highest BCUT2D eigenvalue weighted by molar-refractivity contribution is 5.95. The quantitative estimate of drug-likeness (QED) is 0.339. The second kappa shape index (κ2) is 12.0. The summed E-state index contributed by atoms with van der Waals surface area (Å²) in [4.78, 5) is 75.7. The Morgan fingerprint density at radius 2 is 1.75 bits per heavy atom. The van der Waals surface area contributed by atoms with Gasteiger partial charge in [-0.3, -0.25) is 24.0 Å². The minimum atomic E-state index is -1.83. The molecule has 0 saturated heterocycles. The van der Waals surface area contributed by atoms with Gasteiger partial charge < -0.3 is 20.3 Å². The first-order valence-electron chi connectivity index (χ1n) is 15.5. The fourth-order valence-electron chi connectivity index (χ4n) is 8.72. The van der Waals surface area contributed by atoms with Crippen LogP contribution in [-0.4, -0.2) is 63.7 Å². The molecular weight excluding hydrogens is 566 g/mol. The Hall–Kier alpha value is -3.66. The smallest absolute Gasteiger partial charge is 0.326 e. The van der Waals surface area contributed by atoms with Gasteiger partial charge in [0.2, 0.25) is 11.7 Å². The van der Waals surface area contributed by atoms with E-state index in [9.17, 15) is 39.0 Å². The molecule has 10 heteroatoms. The maximum Gasteiger partial charge on any atom is 0.326 e. The standard InChI is InChI=1S/C34H41NO9/c1-32-14-12-22(36)17-21(32)8-9-23-24-13-15-34(43,33(24,2)18-26(37)30(23)32)27(38)19-44-29(40)11-10-28(39)35-25(31(41)42)16-20-6-4-3-5-7-20/h3-7,17,23-25,30,43H,8-16,18-19H2,1-2H3,(H,35,39)(H,41,42)/t23-,24-,25+,30+,32+,33+,34+/m1/s1. The zero-order chi connectivity index (χ0) is 31.9. The lowest BCUT2D eigenvalue weighted by Gasteiger charge is -2.57. The molecule has 3 N–H and O–H groups in total. The minimum Gasteiger partial charge on any atom is -0.480 e. The van der Waals surface area contributed by atoms with Crippen LogP contribution in [-0.2, 0) is 39.9 Å². The first kappa shape index (κ1) is 31.8. The van der Waals surface area contributed by atoms with Crippen LogP contribution in [0.1, 0.15) is 77.2 Å². The molecule has 1 aromatic carbocycles. The number of nitrogens with one attached hydrogen (secondary N) is 1. The Kier molecular flexibility index (Phi) is 8.68. The van der Waals surface area contributed by atoms with Crippen LogP contribution in [0.5, 0.6) is 0 Å². The Bertz CT molecular complexity index is 1400. The van der Waals surface area contributed by atoms with Gasteiger partial charge in [0.25, 0.3) is 0 Å². The molecule has 10 nitrogen and oxygen atoms in total. The summed E-state index contributed by atoms with van der Waals surface area (Å²) >= 11 is 0. The SMILES string of the molecule is C[C@]12CCC(=O)C=C1CC[C@H]1[C@H]2C(=O)C[C@@]2(C)[C@@H]1CC[C@]2(O)C(=O)COC(=O)CCC(=O)N[C@@H](Cc1ccccc1)C(=O)O. The van der Waals surface area contributed by atoms with Crippen molar-refractivity contribution in [2.45, 2.75) is 89.7 Å². The number of esters is 1. The van der Waals surface area contributed by atoms with Crippen molar-refractivity contribution in [3.8, 4) is 0 Å². The van der Waals surface area contributed by atoms with Crippen LogP contribution < -0.4 is 5.32 Å². The van der Waals surface area contributed by atoms with E-state index < -0.39 is 47.3 Å². The van der Waals surface area contributed by atoms with E-state index in [0.29, 0.717) is 19.3 Å². The number of ketones is 3. The number of aliphatic carboxylic acids is 1. The van der Waals surface area contributed by atoms with Gasteiger partial charge in [0.15, 0.2) is 12.4 Å². The third-order valence-corrected chi connectivity index (χ3v) is 11.1. The summed E-state index contributed by atoms with van der Waals surface area (Å²) in [6, 6.07) is 7.67. The van der Waals surface area contributed by atoms with Crippen molar-refractivity contribution in [2.24, 2.45) is 28.6 Å². The van der Waals surface area contributed by atoms with Gasteiger partial charge in [0, 0.05) is 37.0 Å². The lowest BCUT2D eigenvalue weighted by molar-refractivity contribution is -0.173. The highest BCUT2D eigenvalue weighted by Gasteiger charge is 2.68. The highest BCUT2D eigenvalue weighted by atomic mass is 16.5. The number of allylic oxidation sites excluding steroid dienone is 1. The van der Waals surface area contributed by atoms with Gasteiger partial charge in [-0.1, -0.05) is 49.8 Å². The summed E-state index contributed by atoms with van der Waals surface area (Å²) in [5.74, 6) is -3.52. The predicted molar refractivity (Wildman–Crippen MR) is 157 cm³/mol. The molecule has 4 aliphatic carbocycles. The first-order valence-corrected chi connectivity index (χ1v) is 15.5. The fraction of sp³-hybridized carbons (Fsp3) is 0.588. The molecule has 0 aliphatic heterocycles. The molecule has 1 amide bonds. The molecule has 44 heavy (non-hydrogen) atoms. The van der Waals surface area contributed by atoms with E-state index >= 15 is 0 Å². The number of rotatable bonds is 10. The number of carbonyl (C=O) groups is 6. The van der Waals surface area contributed by atoms with Crippen molar-refractivity contribution in [2.75, 3.05) is 6.61 Å². The fourth-order valence-corrected chi connectivity index (χ4v) is 8.72. The lowest BCUT2D eigenvalue weighted by Crippen LogP contribution is -2.61. The first-order chi connectivity index (χ1) is 20.8. The number of carboxylic acids is 1. The Balaban J connectivity index is 1.16. The molecule has 0 spiro atoms. The predicted octanol–water partition coefficient (Wildman–Crippen LogP) is 3.13. The molecule has 5 rings (SSSR count). The summed E-state index contributed by atoms with van der Waals surface area (Å²) in [5, 5.41) is 23.7. The molecule has 3 saturated carbocycles. The maximum absolute atomic E-state index is 13.8. The lowest BCUT2D eigenvalue weighted by atomic mass is 9.46. The van der Waals surface area contributed by atoms with E-state index in [1.807, 2.05) is 0 Å². The summed E-state index contributed by atoms with van der Waals surface area (Å²) in [5.41, 5.74) is -1.43. The number of benzene rings is 1. The van der Waals surface area contributed by atoms with E-state index in [0.717, 1.165) is 24.0 Å². The topological polar surface area (TPSA) is 164 Å². The van der Waals surface area contributed by atoms with E-state index in [1.54, 1.807) is 43.3 Å². The molecule has 3 fully saturated rings. The number of Topliss-reactive ketones (excluding diaryl/α,β-unsaturated/α-hetero) is 2. The third kappa shape index (κ3) is 5.64. The van der Waals surface area contributed by atoms with E-state index in [4.69, 9.17) is 4.74 Å². The van der Waals surface area contributed by atoms with E-state index in [1.165, 1.54) is 0 Å². The van der Waals surface area contributed by atoms with Crippen LogP contribution in [0.3, 0.4) is 0 Å². The summed E-state index contributed by atoms with van der Waals surface area (Å²) in [6.45, 7) is 3.20. The van der Waals surface area contributed by atoms with Crippen molar-refractivity contribution >= 4 is 35.2 Å². The number of amides is 1. The Morgan fingerprint density at radius 1 is 1.02 bits per heavy atom. The second-order valence-electron chi connectivity index (χ2n) is 13.5. The average molecular weight is 608 g/mol. The Morgan fingerprint density at radius 3 is 2.45 bits per heavy atom. The number of fused-ring (bicyclic) bond motifs is 5. The number of carboxylic acid groups (broad SMARTS) is 1. The molecule has 0 unspecified atom stereocenters. The van der Waals surface area contributed by atoms with Gasteiger partial charge in [-0.15, -0.1) is 0 Å². The molecule has 0 radical (unpaired) electrons. The molecule has 0 heterocycles. The number of carbonyl (C=O) groups excluding carboxylic acids is 5. The zero-order valence-corrected chi connectivity index (χ0v) is 25.3. The van der Waals surface area contributed by atoms with Gasteiger partial charge >= 0.3 is 11.9 Å². The summed E-state index contributed by atoms with van der Waals surface area (Å²) < 4.78 is 5.17. The highest BCUT2D eigenvalue weighted by Crippen LogP contribution is 2.66. The molecule has 236 valence electrons. The van der Waals surface area contributed by atoms with Crippen molar-refractivity contribution in [3.63, 3.8) is 0 Å². The van der Waals surface area contributed by atoms with Crippen molar-refractivity contribution in [1.29, 1.82) is 0 Å². The monoisotopic (exact) mass is 607 g/mol. The van der Waals surface area contributed by atoms with Crippen LogP contribution in [0, 0.1) is 28.6 Å². The molecule has 0 aromatic heterocycles. The van der Waals surface area contributed by atoms with Gasteiger partial charge in [-0.2, -0.15) is 0 Å².